The van der Waals surface area contributed by atoms with Crippen LogP contribution in [0.15, 0.2) is 29.2 Å². The standard InChI is InChI=1S/C14H20ClNS/c15-13-8-4-5-9-14(13)17-11-10-16-12-6-2-1-3-7-12/h4-5,8-9,12,16H,1-3,6-7,10-11H2. The molecule has 3 heteroatoms. The maximum Gasteiger partial charge on any atom is 0.0541 e. The van der Waals surface area contributed by atoms with Crippen LogP contribution in [0.5, 0.6) is 0 Å². The summed E-state index contributed by atoms with van der Waals surface area (Å²) >= 11 is 7.95. The van der Waals surface area contributed by atoms with Crippen molar-refractivity contribution in [3.05, 3.63) is 29.3 Å². The van der Waals surface area contributed by atoms with Crippen molar-refractivity contribution in [2.24, 2.45) is 0 Å². The van der Waals surface area contributed by atoms with Crippen molar-refractivity contribution < 1.29 is 0 Å². The predicted molar refractivity (Wildman–Crippen MR) is 77.1 cm³/mol. The summed E-state index contributed by atoms with van der Waals surface area (Å²) in [5.74, 6) is 1.10. The molecule has 1 aromatic carbocycles. The summed E-state index contributed by atoms with van der Waals surface area (Å²) in [6.45, 7) is 1.08. The molecular formula is C14H20ClNS. The summed E-state index contributed by atoms with van der Waals surface area (Å²) in [5.41, 5.74) is 0. The summed E-state index contributed by atoms with van der Waals surface area (Å²) in [6.07, 6.45) is 6.94. The summed E-state index contributed by atoms with van der Waals surface area (Å²) < 4.78 is 0. The number of nitrogens with one attached hydrogen (secondary N) is 1. The smallest absolute Gasteiger partial charge is 0.0541 e. The number of rotatable bonds is 5. The predicted octanol–water partition coefficient (Wildman–Crippen LogP) is 4.35. The number of hydrogen-bond donors (Lipinski definition) is 1. The molecule has 17 heavy (non-hydrogen) atoms. The molecule has 94 valence electrons. The van der Waals surface area contributed by atoms with Crippen LogP contribution in [0.3, 0.4) is 0 Å². The first-order valence-corrected chi connectivity index (χ1v) is 7.83. The lowest BCUT2D eigenvalue weighted by molar-refractivity contribution is 0.381. The third-order valence-corrected chi connectivity index (χ3v) is 4.75. The molecule has 0 radical (unpaired) electrons. The number of thioether (sulfide) groups is 1. The first-order valence-electron chi connectivity index (χ1n) is 6.47. The summed E-state index contributed by atoms with van der Waals surface area (Å²) in [5, 5.41) is 4.52. The van der Waals surface area contributed by atoms with Crippen LogP contribution < -0.4 is 5.32 Å². The van der Waals surface area contributed by atoms with Gasteiger partial charge in [-0.1, -0.05) is 43.0 Å². The molecule has 1 aliphatic rings. The minimum Gasteiger partial charge on any atom is -0.313 e. The van der Waals surface area contributed by atoms with Crippen molar-refractivity contribution in [2.45, 2.75) is 43.0 Å². The Morgan fingerprint density at radius 1 is 1.18 bits per heavy atom. The van der Waals surface area contributed by atoms with Crippen molar-refractivity contribution in [1.29, 1.82) is 0 Å². The minimum absolute atomic E-state index is 0.760. The van der Waals surface area contributed by atoms with Gasteiger partial charge in [-0.2, -0.15) is 0 Å². The van der Waals surface area contributed by atoms with Gasteiger partial charge < -0.3 is 5.32 Å². The molecule has 0 saturated heterocycles. The fourth-order valence-electron chi connectivity index (χ4n) is 2.29. The molecule has 0 amide bonds. The summed E-state index contributed by atoms with van der Waals surface area (Å²) in [4.78, 5) is 1.19. The molecule has 2 rings (SSSR count). The zero-order valence-corrected chi connectivity index (χ0v) is 11.7. The highest BCUT2D eigenvalue weighted by Crippen LogP contribution is 2.26. The third kappa shape index (κ3) is 4.53. The first-order chi connectivity index (χ1) is 8.36. The highest BCUT2D eigenvalue weighted by atomic mass is 35.5. The van der Waals surface area contributed by atoms with Gasteiger partial charge in [-0.3, -0.25) is 0 Å². The average Bonchev–Trinajstić information content (AvgIpc) is 2.38. The number of hydrogen-bond acceptors (Lipinski definition) is 2. The van der Waals surface area contributed by atoms with Gasteiger partial charge in [0.1, 0.15) is 0 Å². The minimum atomic E-state index is 0.760. The van der Waals surface area contributed by atoms with Crippen molar-refractivity contribution in [1.82, 2.24) is 5.32 Å². The van der Waals surface area contributed by atoms with E-state index in [2.05, 4.69) is 11.4 Å². The average molecular weight is 270 g/mol. The molecule has 1 nitrogen and oxygen atoms in total. The van der Waals surface area contributed by atoms with Crippen LogP contribution in [-0.4, -0.2) is 18.3 Å². The quantitative estimate of drug-likeness (QED) is 0.630. The second-order valence-electron chi connectivity index (χ2n) is 4.57. The Morgan fingerprint density at radius 3 is 2.71 bits per heavy atom. The Balaban J connectivity index is 1.64. The van der Waals surface area contributed by atoms with Gasteiger partial charge in [-0.25, -0.2) is 0 Å². The van der Waals surface area contributed by atoms with E-state index < -0.39 is 0 Å². The molecule has 0 atom stereocenters. The lowest BCUT2D eigenvalue weighted by Crippen LogP contribution is -2.32. The van der Waals surface area contributed by atoms with Gasteiger partial charge in [-0.15, -0.1) is 11.8 Å². The van der Waals surface area contributed by atoms with Gasteiger partial charge in [-0.05, 0) is 25.0 Å². The monoisotopic (exact) mass is 269 g/mol. The van der Waals surface area contributed by atoms with E-state index in [0.29, 0.717) is 0 Å². The van der Waals surface area contributed by atoms with Gasteiger partial charge >= 0.3 is 0 Å². The second-order valence-corrected chi connectivity index (χ2v) is 6.11. The first kappa shape index (κ1) is 13.3. The van der Waals surface area contributed by atoms with Gasteiger partial charge in [0, 0.05) is 23.2 Å². The van der Waals surface area contributed by atoms with Crippen LogP contribution in [0, 0.1) is 0 Å². The fraction of sp³-hybridized carbons (Fsp3) is 0.571. The van der Waals surface area contributed by atoms with Gasteiger partial charge in [0.2, 0.25) is 0 Å². The molecule has 1 aromatic rings. The highest BCUT2D eigenvalue weighted by Gasteiger charge is 2.11. The molecule has 1 fully saturated rings. The van der Waals surface area contributed by atoms with E-state index in [1.807, 2.05) is 30.0 Å². The lowest BCUT2D eigenvalue weighted by Gasteiger charge is -2.22. The van der Waals surface area contributed by atoms with E-state index >= 15 is 0 Å². The molecule has 0 bridgehead atoms. The van der Waals surface area contributed by atoms with Crippen LogP contribution in [0.4, 0.5) is 0 Å². The normalized spacial score (nSPS) is 17.2. The Morgan fingerprint density at radius 2 is 1.94 bits per heavy atom. The van der Waals surface area contributed by atoms with E-state index in [0.717, 1.165) is 23.4 Å². The zero-order valence-electron chi connectivity index (χ0n) is 10.1. The lowest BCUT2D eigenvalue weighted by atomic mass is 9.96. The Bertz CT molecular complexity index is 337. The van der Waals surface area contributed by atoms with Crippen LogP contribution in [0.1, 0.15) is 32.1 Å². The topological polar surface area (TPSA) is 12.0 Å². The van der Waals surface area contributed by atoms with E-state index in [-0.39, 0.29) is 0 Å². The Hall–Kier alpha value is -0.180. The van der Waals surface area contributed by atoms with Gasteiger partial charge in [0.05, 0.1) is 5.02 Å². The molecule has 1 saturated carbocycles. The van der Waals surface area contributed by atoms with Crippen molar-refractivity contribution in [2.75, 3.05) is 12.3 Å². The van der Waals surface area contributed by atoms with Gasteiger partial charge in [0.15, 0.2) is 0 Å². The number of benzene rings is 1. The number of halogens is 1. The molecule has 0 aromatic heterocycles. The van der Waals surface area contributed by atoms with Crippen molar-refractivity contribution in [3.63, 3.8) is 0 Å². The molecule has 1 N–H and O–H groups in total. The van der Waals surface area contributed by atoms with E-state index in [4.69, 9.17) is 11.6 Å². The largest absolute Gasteiger partial charge is 0.313 e. The van der Waals surface area contributed by atoms with Crippen LogP contribution in [0.25, 0.3) is 0 Å². The molecule has 0 spiro atoms. The highest BCUT2D eigenvalue weighted by molar-refractivity contribution is 7.99. The molecule has 0 heterocycles. The van der Waals surface area contributed by atoms with Crippen LogP contribution in [0.2, 0.25) is 5.02 Å². The second kappa shape index (κ2) is 7.30. The third-order valence-electron chi connectivity index (χ3n) is 3.23. The van der Waals surface area contributed by atoms with Crippen LogP contribution >= 0.6 is 23.4 Å². The maximum absolute atomic E-state index is 6.11. The van der Waals surface area contributed by atoms with Crippen molar-refractivity contribution in [3.8, 4) is 0 Å². The summed E-state index contributed by atoms with van der Waals surface area (Å²) in [6, 6.07) is 8.83. The van der Waals surface area contributed by atoms with Gasteiger partial charge in [0.25, 0.3) is 0 Å². The van der Waals surface area contributed by atoms with E-state index in [1.54, 1.807) is 0 Å². The fourth-order valence-corrected chi connectivity index (χ4v) is 3.41. The molecular weight excluding hydrogens is 250 g/mol. The SMILES string of the molecule is Clc1ccccc1SCCNC1CCCCC1. The zero-order chi connectivity index (χ0) is 11.9. The van der Waals surface area contributed by atoms with Crippen LogP contribution in [-0.2, 0) is 0 Å². The van der Waals surface area contributed by atoms with Crippen molar-refractivity contribution >= 4 is 23.4 Å². The maximum atomic E-state index is 6.11. The van der Waals surface area contributed by atoms with E-state index in [9.17, 15) is 0 Å². The Kier molecular flexibility index (Phi) is 5.69. The molecule has 0 unspecified atom stereocenters. The Labute approximate surface area is 113 Å². The molecule has 1 aliphatic carbocycles. The summed E-state index contributed by atoms with van der Waals surface area (Å²) in [7, 11) is 0. The molecule has 0 aliphatic heterocycles. The van der Waals surface area contributed by atoms with E-state index in [1.165, 1.54) is 37.0 Å².